The highest BCUT2D eigenvalue weighted by molar-refractivity contribution is 9.10. The van der Waals surface area contributed by atoms with Gasteiger partial charge in [-0.25, -0.2) is 9.97 Å². The molecule has 0 atom stereocenters. The monoisotopic (exact) mass is 324 g/mol. The molecule has 2 rings (SSSR count). The van der Waals surface area contributed by atoms with Gasteiger partial charge in [0, 0.05) is 11.9 Å². The molecule has 18 heavy (non-hydrogen) atoms. The molecule has 0 amide bonds. The van der Waals surface area contributed by atoms with Crippen LogP contribution in [0.5, 0.6) is 0 Å². The van der Waals surface area contributed by atoms with Crippen LogP contribution in [0.2, 0.25) is 0 Å². The van der Waals surface area contributed by atoms with Gasteiger partial charge < -0.3 is 10.6 Å². The molecule has 2 N–H and O–H groups in total. The number of hydrogen-bond donors (Lipinski definition) is 2. The van der Waals surface area contributed by atoms with Gasteiger partial charge in [0.05, 0.1) is 5.69 Å². The molecular formula is C12H13BrN4S. The number of halogens is 1. The molecule has 0 aliphatic carbocycles. The number of anilines is 3. The van der Waals surface area contributed by atoms with Gasteiger partial charge in [-0.1, -0.05) is 12.1 Å². The van der Waals surface area contributed by atoms with E-state index in [-0.39, 0.29) is 0 Å². The van der Waals surface area contributed by atoms with E-state index in [1.807, 2.05) is 25.2 Å². The Morgan fingerprint density at radius 3 is 2.61 bits per heavy atom. The fourth-order valence-electron chi connectivity index (χ4n) is 1.51. The molecule has 4 nitrogen and oxygen atoms in total. The molecule has 0 radical (unpaired) electrons. The number of rotatable bonds is 4. The average molecular weight is 325 g/mol. The molecule has 2 aromatic rings. The zero-order chi connectivity index (χ0) is 13.0. The van der Waals surface area contributed by atoms with Crippen LogP contribution in [0.1, 0.15) is 0 Å². The molecule has 0 spiro atoms. The molecule has 0 aliphatic heterocycles. The zero-order valence-corrected chi connectivity index (χ0v) is 12.5. The van der Waals surface area contributed by atoms with Crippen LogP contribution in [0, 0.1) is 0 Å². The van der Waals surface area contributed by atoms with Crippen LogP contribution in [0.3, 0.4) is 0 Å². The van der Waals surface area contributed by atoms with Crippen LogP contribution in [0.25, 0.3) is 0 Å². The topological polar surface area (TPSA) is 49.8 Å². The number of hydrogen-bond acceptors (Lipinski definition) is 5. The predicted octanol–water partition coefficient (Wildman–Crippen LogP) is 3.75. The van der Waals surface area contributed by atoms with Gasteiger partial charge in [-0.2, -0.15) is 0 Å². The Bertz CT molecular complexity index is 547. The highest BCUT2D eigenvalue weighted by Crippen LogP contribution is 2.32. The first-order valence-corrected chi connectivity index (χ1v) is 7.36. The van der Waals surface area contributed by atoms with Crippen molar-refractivity contribution >= 4 is 45.0 Å². The molecule has 0 saturated carbocycles. The van der Waals surface area contributed by atoms with Crippen molar-refractivity contribution in [2.24, 2.45) is 0 Å². The van der Waals surface area contributed by atoms with Gasteiger partial charge in [0.2, 0.25) is 0 Å². The van der Waals surface area contributed by atoms with Crippen molar-refractivity contribution in [3.8, 4) is 0 Å². The molecule has 0 unspecified atom stereocenters. The molecule has 6 heteroatoms. The summed E-state index contributed by atoms with van der Waals surface area (Å²) in [6, 6.07) is 8.11. The van der Waals surface area contributed by atoms with Crippen molar-refractivity contribution < 1.29 is 0 Å². The minimum Gasteiger partial charge on any atom is -0.372 e. The normalized spacial score (nSPS) is 10.2. The molecule has 0 aliphatic rings. The number of nitrogens with one attached hydrogen (secondary N) is 2. The van der Waals surface area contributed by atoms with E-state index in [4.69, 9.17) is 0 Å². The van der Waals surface area contributed by atoms with Crippen LogP contribution in [-0.2, 0) is 0 Å². The van der Waals surface area contributed by atoms with E-state index in [2.05, 4.69) is 48.9 Å². The SMILES string of the molecule is CNc1ncnc(Nc2ccccc2SC)c1Br. The smallest absolute Gasteiger partial charge is 0.150 e. The first kappa shape index (κ1) is 13.2. The summed E-state index contributed by atoms with van der Waals surface area (Å²) in [7, 11) is 1.83. The molecule has 94 valence electrons. The predicted molar refractivity (Wildman–Crippen MR) is 80.8 cm³/mol. The number of benzene rings is 1. The van der Waals surface area contributed by atoms with E-state index in [0.717, 1.165) is 21.8 Å². The second kappa shape index (κ2) is 6.06. The second-order valence-corrected chi connectivity index (χ2v) is 5.10. The van der Waals surface area contributed by atoms with Crippen LogP contribution in [0.15, 0.2) is 40.0 Å². The lowest BCUT2D eigenvalue weighted by Gasteiger charge is -2.12. The van der Waals surface area contributed by atoms with Gasteiger partial charge in [0.15, 0.2) is 0 Å². The Morgan fingerprint density at radius 1 is 1.17 bits per heavy atom. The number of para-hydroxylation sites is 1. The van der Waals surface area contributed by atoms with Gasteiger partial charge in [-0.15, -0.1) is 11.8 Å². The minimum atomic E-state index is 0.746. The Balaban J connectivity index is 2.34. The van der Waals surface area contributed by atoms with E-state index in [0.29, 0.717) is 0 Å². The van der Waals surface area contributed by atoms with E-state index >= 15 is 0 Å². The highest BCUT2D eigenvalue weighted by Gasteiger charge is 2.09. The maximum absolute atomic E-state index is 4.24. The van der Waals surface area contributed by atoms with Crippen LogP contribution in [-0.4, -0.2) is 23.3 Å². The molecule has 1 heterocycles. The first-order valence-electron chi connectivity index (χ1n) is 5.34. The fraction of sp³-hybridized carbons (Fsp3) is 0.167. The number of nitrogens with zero attached hydrogens (tertiary/aromatic N) is 2. The molecule has 1 aromatic carbocycles. The van der Waals surface area contributed by atoms with Gasteiger partial charge >= 0.3 is 0 Å². The van der Waals surface area contributed by atoms with E-state index in [9.17, 15) is 0 Å². The van der Waals surface area contributed by atoms with Gasteiger partial charge in [-0.05, 0) is 34.3 Å². The molecule has 0 fully saturated rings. The Kier molecular flexibility index (Phi) is 4.43. The molecule has 0 saturated heterocycles. The van der Waals surface area contributed by atoms with Crippen molar-refractivity contribution in [2.45, 2.75) is 4.90 Å². The fourth-order valence-corrected chi connectivity index (χ4v) is 2.56. The third-order valence-corrected chi connectivity index (χ3v) is 3.93. The van der Waals surface area contributed by atoms with Gasteiger partial charge in [-0.3, -0.25) is 0 Å². The van der Waals surface area contributed by atoms with E-state index in [1.54, 1.807) is 11.8 Å². The third-order valence-electron chi connectivity index (χ3n) is 2.39. The summed E-state index contributed by atoms with van der Waals surface area (Å²) >= 11 is 5.18. The van der Waals surface area contributed by atoms with Crippen molar-refractivity contribution in [2.75, 3.05) is 23.9 Å². The van der Waals surface area contributed by atoms with Gasteiger partial charge in [0.1, 0.15) is 22.4 Å². The summed E-state index contributed by atoms with van der Waals surface area (Å²) in [5, 5.41) is 6.31. The minimum absolute atomic E-state index is 0.746. The van der Waals surface area contributed by atoms with Crippen molar-refractivity contribution in [1.29, 1.82) is 0 Å². The van der Waals surface area contributed by atoms with Crippen LogP contribution in [0.4, 0.5) is 17.3 Å². The van der Waals surface area contributed by atoms with Crippen molar-refractivity contribution in [3.63, 3.8) is 0 Å². The lowest BCUT2D eigenvalue weighted by atomic mass is 10.3. The summed E-state index contributed by atoms with van der Waals surface area (Å²) in [4.78, 5) is 9.54. The molecular weight excluding hydrogens is 312 g/mol. The number of thioether (sulfide) groups is 1. The van der Waals surface area contributed by atoms with Crippen LogP contribution >= 0.6 is 27.7 Å². The highest BCUT2D eigenvalue weighted by atomic mass is 79.9. The largest absolute Gasteiger partial charge is 0.372 e. The van der Waals surface area contributed by atoms with Gasteiger partial charge in [0.25, 0.3) is 0 Å². The summed E-state index contributed by atoms with van der Waals surface area (Å²) in [5.74, 6) is 1.50. The van der Waals surface area contributed by atoms with E-state index < -0.39 is 0 Å². The summed E-state index contributed by atoms with van der Waals surface area (Å²) in [5.41, 5.74) is 1.03. The molecule has 1 aromatic heterocycles. The number of aromatic nitrogens is 2. The maximum atomic E-state index is 4.24. The zero-order valence-electron chi connectivity index (χ0n) is 10.1. The lowest BCUT2D eigenvalue weighted by molar-refractivity contribution is 1.14. The maximum Gasteiger partial charge on any atom is 0.150 e. The first-order chi connectivity index (χ1) is 8.76. The van der Waals surface area contributed by atoms with Crippen LogP contribution < -0.4 is 10.6 Å². The van der Waals surface area contributed by atoms with Crippen molar-refractivity contribution in [3.05, 3.63) is 35.1 Å². The Labute approximate surface area is 119 Å². The summed E-state index contributed by atoms with van der Waals surface area (Å²) < 4.78 is 0.823. The third kappa shape index (κ3) is 2.76. The summed E-state index contributed by atoms with van der Waals surface area (Å²) in [6.07, 6.45) is 3.58. The Morgan fingerprint density at radius 2 is 1.89 bits per heavy atom. The van der Waals surface area contributed by atoms with Crippen molar-refractivity contribution in [1.82, 2.24) is 9.97 Å². The second-order valence-electron chi connectivity index (χ2n) is 3.46. The quantitative estimate of drug-likeness (QED) is 0.839. The molecule has 0 bridgehead atoms. The lowest BCUT2D eigenvalue weighted by Crippen LogP contribution is -2.01. The van der Waals surface area contributed by atoms with E-state index in [1.165, 1.54) is 11.2 Å². The average Bonchev–Trinajstić information content (AvgIpc) is 2.42. The summed E-state index contributed by atoms with van der Waals surface area (Å²) in [6.45, 7) is 0. The Hall–Kier alpha value is -1.27. The standard InChI is InChI=1S/C12H13BrN4S/c1-14-11-10(13)12(16-7-15-11)17-8-5-3-4-6-9(8)18-2/h3-7H,1-2H3,(H2,14,15,16,17).